The number of carbonyl (C=O) groups excluding carboxylic acids is 2. The first-order chi connectivity index (χ1) is 13.1. The molecule has 7 nitrogen and oxygen atoms in total. The Morgan fingerprint density at radius 1 is 1.04 bits per heavy atom. The van der Waals surface area contributed by atoms with E-state index < -0.39 is 6.04 Å². The fourth-order valence-corrected chi connectivity index (χ4v) is 2.82. The number of amides is 2. The van der Waals surface area contributed by atoms with E-state index in [1.807, 2.05) is 48.7 Å². The molecule has 0 aliphatic rings. The molecule has 140 valence electrons. The predicted octanol–water partition coefficient (Wildman–Crippen LogP) is 1.84. The van der Waals surface area contributed by atoms with Crippen molar-refractivity contribution in [3.8, 4) is 0 Å². The van der Waals surface area contributed by atoms with Crippen molar-refractivity contribution in [2.75, 3.05) is 6.54 Å². The summed E-state index contributed by atoms with van der Waals surface area (Å²) in [7, 11) is 0. The lowest BCUT2D eigenvalue weighted by Crippen LogP contribution is -2.50. The molecule has 27 heavy (non-hydrogen) atoms. The molecule has 7 heteroatoms. The molecular weight excluding hydrogens is 342 g/mol. The third-order valence-corrected chi connectivity index (χ3v) is 4.30. The van der Waals surface area contributed by atoms with E-state index in [0.29, 0.717) is 18.5 Å². The zero-order valence-electron chi connectivity index (χ0n) is 15.4. The van der Waals surface area contributed by atoms with Crippen molar-refractivity contribution in [1.82, 2.24) is 25.2 Å². The highest BCUT2D eigenvalue weighted by Gasteiger charge is 2.24. The number of aromatic nitrogens is 3. The van der Waals surface area contributed by atoms with Crippen molar-refractivity contribution in [3.05, 3.63) is 66.1 Å². The Hall–Kier alpha value is -3.22. The largest absolute Gasteiger partial charge is 0.354 e. The lowest BCUT2D eigenvalue weighted by Gasteiger charge is -2.21. The van der Waals surface area contributed by atoms with Crippen LogP contribution in [0.4, 0.5) is 0 Å². The number of nitrogens with zero attached hydrogens (tertiary/aromatic N) is 3. The van der Waals surface area contributed by atoms with E-state index in [1.54, 1.807) is 24.3 Å². The van der Waals surface area contributed by atoms with Crippen LogP contribution in [0.2, 0.25) is 0 Å². The maximum absolute atomic E-state index is 12.6. The van der Waals surface area contributed by atoms with Gasteiger partial charge in [0.1, 0.15) is 11.9 Å². The van der Waals surface area contributed by atoms with Gasteiger partial charge in [0.25, 0.3) is 5.91 Å². The Labute approximate surface area is 157 Å². The van der Waals surface area contributed by atoms with Gasteiger partial charge in [-0.3, -0.25) is 14.0 Å². The second-order valence-corrected chi connectivity index (χ2v) is 6.65. The normalized spacial score (nSPS) is 12.1. The Kier molecular flexibility index (Phi) is 5.80. The summed E-state index contributed by atoms with van der Waals surface area (Å²) in [5.74, 6) is 0.280. The van der Waals surface area contributed by atoms with E-state index in [2.05, 4.69) is 20.8 Å². The number of pyridine rings is 1. The summed E-state index contributed by atoms with van der Waals surface area (Å²) >= 11 is 0. The first-order valence-corrected chi connectivity index (χ1v) is 8.98. The van der Waals surface area contributed by atoms with E-state index >= 15 is 0 Å². The number of hydrogen-bond acceptors (Lipinski definition) is 4. The van der Waals surface area contributed by atoms with Crippen LogP contribution in [0.1, 0.15) is 30.0 Å². The van der Waals surface area contributed by atoms with E-state index in [4.69, 9.17) is 0 Å². The summed E-state index contributed by atoms with van der Waals surface area (Å²) in [5, 5.41) is 14.0. The van der Waals surface area contributed by atoms with E-state index in [-0.39, 0.29) is 17.7 Å². The first kappa shape index (κ1) is 18.6. The third-order valence-electron chi connectivity index (χ3n) is 4.30. The van der Waals surface area contributed by atoms with Gasteiger partial charge in [0.2, 0.25) is 5.91 Å². The fourth-order valence-electron chi connectivity index (χ4n) is 2.82. The number of nitrogens with one attached hydrogen (secondary N) is 2. The van der Waals surface area contributed by atoms with Crippen LogP contribution in [-0.2, 0) is 11.2 Å². The predicted molar refractivity (Wildman–Crippen MR) is 102 cm³/mol. The minimum Gasteiger partial charge on any atom is -0.354 e. The Morgan fingerprint density at radius 3 is 2.52 bits per heavy atom. The van der Waals surface area contributed by atoms with Gasteiger partial charge < -0.3 is 10.6 Å². The van der Waals surface area contributed by atoms with Crippen LogP contribution in [0.5, 0.6) is 0 Å². The molecule has 3 rings (SSSR count). The van der Waals surface area contributed by atoms with Crippen LogP contribution >= 0.6 is 0 Å². The molecule has 0 radical (unpaired) electrons. The zero-order chi connectivity index (χ0) is 19.2. The molecule has 2 N–H and O–H groups in total. The lowest BCUT2D eigenvalue weighted by molar-refractivity contribution is -0.123. The molecule has 2 heterocycles. The summed E-state index contributed by atoms with van der Waals surface area (Å²) in [6.07, 6.45) is 2.44. The van der Waals surface area contributed by atoms with Crippen molar-refractivity contribution in [2.24, 2.45) is 5.92 Å². The van der Waals surface area contributed by atoms with Crippen molar-refractivity contribution in [1.29, 1.82) is 0 Å². The van der Waals surface area contributed by atoms with Crippen LogP contribution in [0, 0.1) is 5.92 Å². The Balaban J connectivity index is 1.58. The average Bonchev–Trinajstić information content (AvgIpc) is 3.09. The van der Waals surface area contributed by atoms with Crippen LogP contribution in [0.3, 0.4) is 0 Å². The van der Waals surface area contributed by atoms with Gasteiger partial charge in [-0.1, -0.05) is 38.1 Å². The Bertz CT molecular complexity index is 920. The van der Waals surface area contributed by atoms with Gasteiger partial charge in [0, 0.05) is 24.7 Å². The van der Waals surface area contributed by atoms with Gasteiger partial charge in [0.05, 0.1) is 0 Å². The first-order valence-electron chi connectivity index (χ1n) is 8.98. The molecule has 0 aliphatic carbocycles. The summed E-state index contributed by atoms with van der Waals surface area (Å²) in [6.45, 7) is 4.22. The maximum atomic E-state index is 12.6. The molecule has 0 bridgehead atoms. The van der Waals surface area contributed by atoms with E-state index in [0.717, 1.165) is 11.5 Å². The molecule has 1 unspecified atom stereocenters. The highest BCUT2D eigenvalue weighted by Crippen LogP contribution is 2.06. The fraction of sp³-hybridized carbons (Fsp3) is 0.300. The smallest absolute Gasteiger partial charge is 0.251 e. The van der Waals surface area contributed by atoms with Gasteiger partial charge >= 0.3 is 0 Å². The topological polar surface area (TPSA) is 88.4 Å². The number of benzene rings is 1. The number of rotatable bonds is 7. The standard InChI is InChI=1S/C20H23N5O2/c1-14(2)18(22-19(26)15-8-4-3-5-9-15)20(27)21-12-11-17-24-23-16-10-6-7-13-25(16)17/h3-10,13-14,18H,11-12H2,1-2H3,(H,21,27)(H,22,26). The minimum atomic E-state index is -0.604. The van der Waals surface area contributed by atoms with E-state index in [1.165, 1.54) is 0 Å². The van der Waals surface area contributed by atoms with Gasteiger partial charge in [0.15, 0.2) is 5.65 Å². The highest BCUT2D eigenvalue weighted by molar-refractivity contribution is 5.97. The van der Waals surface area contributed by atoms with Gasteiger partial charge in [-0.15, -0.1) is 10.2 Å². The number of fused-ring (bicyclic) bond motifs is 1. The van der Waals surface area contributed by atoms with Gasteiger partial charge in [-0.2, -0.15) is 0 Å². The summed E-state index contributed by atoms with van der Waals surface area (Å²) in [4.78, 5) is 24.9. The molecular formula is C20H23N5O2. The van der Waals surface area contributed by atoms with Gasteiger partial charge in [-0.25, -0.2) is 0 Å². The summed E-state index contributed by atoms with van der Waals surface area (Å²) < 4.78 is 1.89. The second kappa shape index (κ2) is 8.44. The SMILES string of the molecule is CC(C)C(NC(=O)c1ccccc1)C(=O)NCCc1nnc2ccccn12. The molecule has 1 atom stereocenters. The highest BCUT2D eigenvalue weighted by atomic mass is 16.2. The van der Waals surface area contributed by atoms with Crippen molar-refractivity contribution in [3.63, 3.8) is 0 Å². The quantitative estimate of drug-likeness (QED) is 0.669. The van der Waals surface area contributed by atoms with Crippen LogP contribution < -0.4 is 10.6 Å². The molecule has 3 aromatic rings. The van der Waals surface area contributed by atoms with E-state index in [9.17, 15) is 9.59 Å². The molecule has 1 aromatic carbocycles. The molecule has 0 aliphatic heterocycles. The maximum Gasteiger partial charge on any atom is 0.251 e. The summed E-state index contributed by atoms with van der Waals surface area (Å²) in [5.41, 5.74) is 1.31. The molecule has 0 saturated carbocycles. The van der Waals surface area contributed by atoms with Crippen molar-refractivity contribution < 1.29 is 9.59 Å². The number of hydrogen-bond donors (Lipinski definition) is 2. The monoisotopic (exact) mass is 365 g/mol. The number of carbonyl (C=O) groups is 2. The zero-order valence-corrected chi connectivity index (χ0v) is 15.4. The molecule has 0 fully saturated rings. The van der Waals surface area contributed by atoms with Crippen molar-refractivity contribution >= 4 is 17.5 Å². The Morgan fingerprint density at radius 2 is 1.78 bits per heavy atom. The lowest BCUT2D eigenvalue weighted by atomic mass is 10.0. The molecule has 0 saturated heterocycles. The molecule has 2 aromatic heterocycles. The third kappa shape index (κ3) is 4.49. The summed E-state index contributed by atoms with van der Waals surface area (Å²) in [6, 6.07) is 14.0. The minimum absolute atomic E-state index is 0.0356. The molecule has 0 spiro atoms. The van der Waals surface area contributed by atoms with Gasteiger partial charge in [-0.05, 0) is 30.2 Å². The van der Waals surface area contributed by atoms with Crippen LogP contribution in [-0.4, -0.2) is 39.0 Å². The van der Waals surface area contributed by atoms with Crippen LogP contribution in [0.15, 0.2) is 54.7 Å². The average molecular weight is 365 g/mol. The second-order valence-electron chi connectivity index (χ2n) is 6.65. The molecule has 2 amide bonds. The van der Waals surface area contributed by atoms with Crippen molar-refractivity contribution in [2.45, 2.75) is 26.3 Å². The van der Waals surface area contributed by atoms with Crippen LogP contribution in [0.25, 0.3) is 5.65 Å².